The molecule has 3 aromatic rings. The summed E-state index contributed by atoms with van der Waals surface area (Å²) in [6.07, 6.45) is 2.71. The highest BCUT2D eigenvalue weighted by molar-refractivity contribution is 7.88. The predicted octanol–water partition coefficient (Wildman–Crippen LogP) is 4.59. The summed E-state index contributed by atoms with van der Waals surface area (Å²) in [5.74, 6) is 0.398. The van der Waals surface area contributed by atoms with Crippen molar-refractivity contribution in [3.05, 3.63) is 94.3 Å². The number of rotatable bonds is 8. The fourth-order valence-corrected chi connectivity index (χ4v) is 7.43. The van der Waals surface area contributed by atoms with Gasteiger partial charge in [-0.1, -0.05) is 35.9 Å². The predicted molar refractivity (Wildman–Crippen MR) is 154 cm³/mol. The number of aryl methyl sites for hydroxylation is 3. The maximum Gasteiger partial charge on any atom is 0.254 e. The Morgan fingerprint density at radius 1 is 1.02 bits per heavy atom. The summed E-state index contributed by atoms with van der Waals surface area (Å²) in [6.45, 7) is 7.13. The van der Waals surface area contributed by atoms with E-state index in [0.29, 0.717) is 36.5 Å². The van der Waals surface area contributed by atoms with Crippen LogP contribution in [-0.4, -0.2) is 67.5 Å². The van der Waals surface area contributed by atoms with Crippen LogP contribution in [0.15, 0.2) is 60.8 Å². The van der Waals surface area contributed by atoms with Crippen LogP contribution >= 0.6 is 0 Å². The van der Waals surface area contributed by atoms with E-state index in [9.17, 15) is 13.2 Å². The number of likely N-dealkylation sites (tertiary alicyclic amines) is 1. The number of aromatic nitrogens is 1. The van der Waals surface area contributed by atoms with Gasteiger partial charge in [0.15, 0.2) is 0 Å². The first kappa shape index (κ1) is 28.3. The van der Waals surface area contributed by atoms with Crippen molar-refractivity contribution in [3.63, 3.8) is 0 Å². The maximum absolute atomic E-state index is 13.5. The Morgan fingerprint density at radius 3 is 2.58 bits per heavy atom. The van der Waals surface area contributed by atoms with Gasteiger partial charge in [-0.3, -0.25) is 9.78 Å². The molecule has 212 valence electrons. The molecule has 2 aromatic carbocycles. The number of carbonyl (C=O) groups is 1. The number of nitrogens with zero attached hydrogens (tertiary/aromatic N) is 3. The van der Waals surface area contributed by atoms with Crippen molar-refractivity contribution in [1.82, 2.24) is 14.2 Å². The van der Waals surface area contributed by atoms with Gasteiger partial charge in [0.1, 0.15) is 18.0 Å². The molecule has 0 spiro atoms. The van der Waals surface area contributed by atoms with E-state index < -0.39 is 10.0 Å². The number of benzene rings is 2. The average molecular weight is 564 g/mol. The summed E-state index contributed by atoms with van der Waals surface area (Å²) in [4.78, 5) is 19.4. The van der Waals surface area contributed by atoms with E-state index in [2.05, 4.69) is 4.98 Å². The molecule has 3 atom stereocenters. The first-order chi connectivity index (χ1) is 19.1. The van der Waals surface area contributed by atoms with Crippen LogP contribution in [0, 0.1) is 20.8 Å². The molecule has 1 aromatic heterocycles. The molecule has 2 aliphatic rings. The van der Waals surface area contributed by atoms with E-state index in [0.717, 1.165) is 35.2 Å². The normalized spacial score (nSPS) is 21.6. The molecule has 8 nitrogen and oxygen atoms in total. The van der Waals surface area contributed by atoms with E-state index in [1.165, 1.54) is 0 Å². The number of amides is 1. The van der Waals surface area contributed by atoms with Gasteiger partial charge in [0, 0.05) is 31.1 Å². The lowest BCUT2D eigenvalue weighted by Gasteiger charge is -2.24. The van der Waals surface area contributed by atoms with Gasteiger partial charge in [0.25, 0.3) is 5.91 Å². The van der Waals surface area contributed by atoms with Crippen LogP contribution in [0.3, 0.4) is 0 Å². The van der Waals surface area contributed by atoms with Crippen molar-refractivity contribution in [2.45, 2.75) is 57.6 Å². The molecule has 0 saturated carbocycles. The quantitative estimate of drug-likeness (QED) is 0.398. The molecule has 40 heavy (non-hydrogen) atoms. The minimum absolute atomic E-state index is 0.0434. The third-order valence-corrected chi connectivity index (χ3v) is 9.69. The van der Waals surface area contributed by atoms with Crippen molar-refractivity contribution in [3.8, 4) is 5.75 Å². The first-order valence-electron chi connectivity index (χ1n) is 13.7. The van der Waals surface area contributed by atoms with Gasteiger partial charge in [0.2, 0.25) is 10.0 Å². The molecule has 1 amide bonds. The Kier molecular flexibility index (Phi) is 8.26. The lowest BCUT2D eigenvalue weighted by molar-refractivity contribution is 0.0339. The number of carbonyl (C=O) groups excluding carboxylic acids is 1. The van der Waals surface area contributed by atoms with Gasteiger partial charge >= 0.3 is 0 Å². The molecule has 0 radical (unpaired) electrons. The van der Waals surface area contributed by atoms with E-state index in [-0.39, 0.29) is 29.9 Å². The molecule has 0 N–H and O–H groups in total. The van der Waals surface area contributed by atoms with Crippen LogP contribution in [0.2, 0.25) is 0 Å². The summed E-state index contributed by atoms with van der Waals surface area (Å²) in [7, 11) is -1.95. The summed E-state index contributed by atoms with van der Waals surface area (Å²) < 4.78 is 40.6. The van der Waals surface area contributed by atoms with Crippen LogP contribution in [0.1, 0.15) is 57.2 Å². The van der Waals surface area contributed by atoms with Crippen molar-refractivity contribution in [2.24, 2.45) is 0 Å². The Bertz CT molecular complexity index is 1470. The van der Waals surface area contributed by atoms with Crippen molar-refractivity contribution in [1.29, 1.82) is 0 Å². The zero-order valence-corrected chi connectivity index (χ0v) is 24.4. The monoisotopic (exact) mass is 563 g/mol. The average Bonchev–Trinajstić information content (AvgIpc) is 3.58. The number of hydrogen-bond acceptors (Lipinski definition) is 6. The highest BCUT2D eigenvalue weighted by atomic mass is 32.2. The summed E-state index contributed by atoms with van der Waals surface area (Å²) in [5.41, 5.74) is 5.14. The van der Waals surface area contributed by atoms with E-state index >= 15 is 0 Å². The molecule has 2 aliphatic heterocycles. The number of ether oxygens (including phenoxy) is 2. The van der Waals surface area contributed by atoms with Crippen LogP contribution < -0.4 is 4.74 Å². The number of methoxy groups -OCH3 is 1. The molecule has 9 heteroatoms. The van der Waals surface area contributed by atoms with Gasteiger partial charge < -0.3 is 14.4 Å². The van der Waals surface area contributed by atoms with E-state index in [4.69, 9.17) is 9.47 Å². The number of sulfonamides is 1. The first-order valence-corrected chi connectivity index (χ1v) is 15.3. The van der Waals surface area contributed by atoms with Gasteiger partial charge in [-0.25, -0.2) is 8.42 Å². The number of pyridine rings is 1. The molecular formula is C31H37N3O5S. The Balaban J connectivity index is 1.28. The third-order valence-electron chi connectivity index (χ3n) is 7.84. The molecule has 5 rings (SSSR count). The maximum atomic E-state index is 13.5. The second kappa shape index (κ2) is 11.7. The Labute approximate surface area is 237 Å². The topological polar surface area (TPSA) is 89.0 Å². The molecule has 0 aliphatic carbocycles. The highest BCUT2D eigenvalue weighted by Gasteiger charge is 2.38. The van der Waals surface area contributed by atoms with Gasteiger partial charge in [-0.2, -0.15) is 4.31 Å². The number of hydrogen-bond donors (Lipinski definition) is 0. The van der Waals surface area contributed by atoms with Crippen LogP contribution in [0.25, 0.3) is 0 Å². The van der Waals surface area contributed by atoms with Crippen molar-refractivity contribution < 1.29 is 22.7 Å². The highest BCUT2D eigenvalue weighted by Crippen LogP contribution is 2.35. The summed E-state index contributed by atoms with van der Waals surface area (Å²) in [5, 5.41) is 0. The van der Waals surface area contributed by atoms with E-state index in [1.807, 2.05) is 63.2 Å². The smallest absolute Gasteiger partial charge is 0.254 e. The summed E-state index contributed by atoms with van der Waals surface area (Å²) in [6, 6.07) is 16.8. The second-order valence-corrected chi connectivity index (χ2v) is 12.8. The Morgan fingerprint density at radius 2 is 1.82 bits per heavy atom. The standard InChI is InChI=1S/C31H37N3O5S/c1-21-10-11-22(2)27(15-21)31(35)33-18-29(38-4)30(19-33)39-26-8-5-7-24(16-26)20-40(36,37)34-14-6-9-28(34)25-13-12-23(3)32-17-25/h5,7-8,10-13,15-17,28-30H,6,9,14,18-20H2,1-4H3. The minimum atomic E-state index is -3.57. The second-order valence-electron chi connectivity index (χ2n) is 10.9. The fourth-order valence-electron chi connectivity index (χ4n) is 5.65. The van der Waals surface area contributed by atoms with Gasteiger partial charge in [0.05, 0.1) is 24.9 Å². The summed E-state index contributed by atoms with van der Waals surface area (Å²) >= 11 is 0. The molecule has 2 saturated heterocycles. The SMILES string of the molecule is COC1CN(C(=O)c2cc(C)ccc2C)CC1Oc1cccc(CS(=O)(=O)N2CCCC2c2ccc(C)nc2)c1. The fraction of sp³-hybridized carbons (Fsp3) is 0.419. The van der Waals surface area contributed by atoms with Crippen LogP contribution in [-0.2, 0) is 20.5 Å². The molecule has 3 heterocycles. The zero-order valence-electron chi connectivity index (χ0n) is 23.5. The van der Waals surface area contributed by atoms with Crippen molar-refractivity contribution in [2.75, 3.05) is 26.7 Å². The van der Waals surface area contributed by atoms with Gasteiger partial charge in [-0.15, -0.1) is 0 Å². The molecule has 0 bridgehead atoms. The third kappa shape index (κ3) is 6.06. The van der Waals surface area contributed by atoms with Crippen LogP contribution in [0.5, 0.6) is 5.75 Å². The zero-order chi connectivity index (χ0) is 28.4. The minimum Gasteiger partial charge on any atom is -0.486 e. The van der Waals surface area contributed by atoms with Crippen molar-refractivity contribution >= 4 is 15.9 Å². The lowest BCUT2D eigenvalue weighted by atomic mass is 10.0. The van der Waals surface area contributed by atoms with E-state index in [1.54, 1.807) is 34.6 Å². The lowest BCUT2D eigenvalue weighted by Crippen LogP contribution is -2.32. The molecule has 3 unspecified atom stereocenters. The largest absolute Gasteiger partial charge is 0.486 e. The van der Waals surface area contributed by atoms with Gasteiger partial charge in [-0.05, 0) is 74.6 Å². The Hall–Kier alpha value is -3.27. The molecule has 2 fully saturated rings. The van der Waals surface area contributed by atoms with Crippen LogP contribution in [0.4, 0.5) is 0 Å². The molecular weight excluding hydrogens is 526 g/mol.